The number of amides is 1. The molecule has 0 saturated carbocycles. The fraction of sp³-hybridized carbons (Fsp3) is 0.632. The van der Waals surface area contributed by atoms with Gasteiger partial charge in [0.05, 0.1) is 12.8 Å². The van der Waals surface area contributed by atoms with Crippen LogP contribution >= 0.6 is 0 Å². The first kappa shape index (κ1) is 17.2. The molecule has 5 nitrogen and oxygen atoms in total. The molecule has 0 aliphatic carbocycles. The van der Waals surface area contributed by atoms with Crippen molar-refractivity contribution in [3.8, 4) is 5.75 Å². The van der Waals surface area contributed by atoms with E-state index in [2.05, 4.69) is 15.5 Å². The molecule has 1 aromatic carbocycles. The molecular formula is C19H29N3O2. The lowest BCUT2D eigenvalue weighted by Crippen LogP contribution is -2.43. The number of likely N-dealkylation sites (tertiary alicyclic amines) is 1. The zero-order valence-corrected chi connectivity index (χ0v) is 14.6. The van der Waals surface area contributed by atoms with E-state index in [4.69, 9.17) is 4.74 Å². The number of nitrogens with zero attached hydrogens (tertiary/aromatic N) is 1. The fourth-order valence-corrected chi connectivity index (χ4v) is 3.81. The van der Waals surface area contributed by atoms with Crippen LogP contribution in [-0.2, 0) is 4.79 Å². The van der Waals surface area contributed by atoms with E-state index in [1.54, 1.807) is 7.11 Å². The number of ether oxygens (including phenoxy) is 1. The molecule has 2 fully saturated rings. The van der Waals surface area contributed by atoms with Crippen LogP contribution in [0.15, 0.2) is 24.3 Å². The second-order valence-electron chi connectivity index (χ2n) is 6.98. The predicted molar refractivity (Wildman–Crippen MR) is 96.4 cm³/mol. The average molecular weight is 331 g/mol. The summed E-state index contributed by atoms with van der Waals surface area (Å²) >= 11 is 0. The first-order chi connectivity index (χ1) is 11.8. The van der Waals surface area contributed by atoms with Gasteiger partial charge in [-0.25, -0.2) is 0 Å². The average Bonchev–Trinajstić information content (AvgIpc) is 2.63. The minimum atomic E-state index is 0.107. The molecule has 5 heteroatoms. The SMILES string of the molecule is COc1ccccc1NC(=O)C1CCN(CC2CCCNC2)CC1. The Morgan fingerprint density at radius 2 is 2.08 bits per heavy atom. The topological polar surface area (TPSA) is 53.6 Å². The Kier molecular flexibility index (Phi) is 6.10. The van der Waals surface area contributed by atoms with E-state index in [0.717, 1.165) is 44.1 Å². The minimum absolute atomic E-state index is 0.107. The van der Waals surface area contributed by atoms with Crippen LogP contribution in [0.5, 0.6) is 5.75 Å². The smallest absolute Gasteiger partial charge is 0.227 e. The van der Waals surface area contributed by atoms with E-state index < -0.39 is 0 Å². The van der Waals surface area contributed by atoms with Gasteiger partial charge in [-0.3, -0.25) is 4.79 Å². The molecule has 1 aromatic rings. The summed E-state index contributed by atoms with van der Waals surface area (Å²) in [6.45, 7) is 5.55. The molecule has 2 N–H and O–H groups in total. The quantitative estimate of drug-likeness (QED) is 0.870. The summed E-state index contributed by atoms with van der Waals surface area (Å²) in [6.07, 6.45) is 4.52. The van der Waals surface area contributed by atoms with Crippen molar-refractivity contribution in [3.05, 3.63) is 24.3 Å². The molecule has 2 saturated heterocycles. The lowest BCUT2D eigenvalue weighted by Gasteiger charge is -2.35. The van der Waals surface area contributed by atoms with Gasteiger partial charge in [-0.15, -0.1) is 0 Å². The number of rotatable bonds is 5. The van der Waals surface area contributed by atoms with Crippen molar-refractivity contribution in [2.24, 2.45) is 11.8 Å². The lowest BCUT2D eigenvalue weighted by atomic mass is 9.93. The Hall–Kier alpha value is -1.59. The Balaban J connectivity index is 1.46. The van der Waals surface area contributed by atoms with Gasteiger partial charge in [-0.1, -0.05) is 12.1 Å². The number of hydrogen-bond donors (Lipinski definition) is 2. The summed E-state index contributed by atoms with van der Waals surface area (Å²) in [5.41, 5.74) is 0.765. The monoisotopic (exact) mass is 331 g/mol. The Morgan fingerprint density at radius 3 is 2.79 bits per heavy atom. The standard InChI is InChI=1S/C19H29N3O2/c1-24-18-7-3-2-6-17(18)21-19(23)16-8-11-22(12-9-16)14-15-5-4-10-20-13-15/h2-3,6-7,15-16,20H,4-5,8-14H2,1H3,(H,21,23). The first-order valence-corrected chi connectivity index (χ1v) is 9.13. The molecule has 3 rings (SSSR count). The summed E-state index contributed by atoms with van der Waals surface area (Å²) < 4.78 is 5.31. The molecule has 1 amide bonds. The molecule has 0 spiro atoms. The number of para-hydroxylation sites is 2. The third-order valence-corrected chi connectivity index (χ3v) is 5.24. The number of anilines is 1. The van der Waals surface area contributed by atoms with Gasteiger partial charge in [-0.05, 0) is 69.9 Å². The lowest BCUT2D eigenvalue weighted by molar-refractivity contribution is -0.121. The molecule has 2 heterocycles. The summed E-state index contributed by atoms with van der Waals surface area (Å²) in [7, 11) is 1.63. The van der Waals surface area contributed by atoms with Gasteiger partial charge in [0.15, 0.2) is 0 Å². The summed E-state index contributed by atoms with van der Waals surface area (Å²) in [5, 5.41) is 6.52. The Bertz CT molecular complexity index is 535. The van der Waals surface area contributed by atoms with Crippen molar-refractivity contribution in [2.45, 2.75) is 25.7 Å². The van der Waals surface area contributed by atoms with Crippen LogP contribution in [0.4, 0.5) is 5.69 Å². The van der Waals surface area contributed by atoms with Crippen LogP contribution in [0.2, 0.25) is 0 Å². The van der Waals surface area contributed by atoms with Crippen molar-refractivity contribution < 1.29 is 9.53 Å². The van der Waals surface area contributed by atoms with Crippen molar-refractivity contribution in [1.82, 2.24) is 10.2 Å². The second kappa shape index (κ2) is 8.49. The van der Waals surface area contributed by atoms with Crippen molar-refractivity contribution in [2.75, 3.05) is 45.2 Å². The van der Waals surface area contributed by atoms with Gasteiger partial charge in [-0.2, -0.15) is 0 Å². The number of methoxy groups -OCH3 is 1. The Morgan fingerprint density at radius 1 is 1.29 bits per heavy atom. The number of carbonyl (C=O) groups excluding carboxylic acids is 1. The van der Waals surface area contributed by atoms with Gasteiger partial charge in [0.25, 0.3) is 0 Å². The van der Waals surface area contributed by atoms with E-state index in [1.807, 2.05) is 24.3 Å². The maximum absolute atomic E-state index is 12.5. The number of hydrogen-bond acceptors (Lipinski definition) is 4. The van der Waals surface area contributed by atoms with Gasteiger partial charge in [0.1, 0.15) is 5.75 Å². The molecule has 0 bridgehead atoms. The molecule has 0 aromatic heterocycles. The Labute approximate surface area is 144 Å². The summed E-state index contributed by atoms with van der Waals surface area (Å²) in [5.74, 6) is 1.72. The summed E-state index contributed by atoms with van der Waals surface area (Å²) in [6, 6.07) is 7.59. The zero-order chi connectivity index (χ0) is 16.8. The van der Waals surface area contributed by atoms with Gasteiger partial charge < -0.3 is 20.3 Å². The van der Waals surface area contributed by atoms with Crippen LogP contribution in [0.25, 0.3) is 0 Å². The third-order valence-electron chi connectivity index (χ3n) is 5.24. The van der Waals surface area contributed by atoms with Crippen molar-refractivity contribution >= 4 is 11.6 Å². The number of carbonyl (C=O) groups is 1. The molecule has 2 aliphatic rings. The van der Waals surface area contributed by atoms with Crippen LogP contribution in [0, 0.1) is 11.8 Å². The number of piperidine rings is 2. The highest BCUT2D eigenvalue weighted by Crippen LogP contribution is 2.26. The minimum Gasteiger partial charge on any atom is -0.495 e. The van der Waals surface area contributed by atoms with Crippen LogP contribution < -0.4 is 15.4 Å². The molecule has 132 valence electrons. The van der Waals surface area contributed by atoms with Gasteiger partial charge >= 0.3 is 0 Å². The van der Waals surface area contributed by atoms with E-state index in [-0.39, 0.29) is 11.8 Å². The fourth-order valence-electron chi connectivity index (χ4n) is 3.81. The highest BCUT2D eigenvalue weighted by molar-refractivity contribution is 5.94. The van der Waals surface area contributed by atoms with E-state index >= 15 is 0 Å². The zero-order valence-electron chi connectivity index (χ0n) is 14.6. The van der Waals surface area contributed by atoms with Crippen LogP contribution in [0.3, 0.4) is 0 Å². The molecule has 1 unspecified atom stereocenters. The van der Waals surface area contributed by atoms with Crippen molar-refractivity contribution in [1.29, 1.82) is 0 Å². The molecule has 2 aliphatic heterocycles. The molecule has 1 atom stereocenters. The maximum Gasteiger partial charge on any atom is 0.227 e. The van der Waals surface area contributed by atoms with Crippen molar-refractivity contribution in [3.63, 3.8) is 0 Å². The number of benzene rings is 1. The molecular weight excluding hydrogens is 302 g/mol. The number of nitrogens with one attached hydrogen (secondary N) is 2. The van der Waals surface area contributed by atoms with E-state index in [0.29, 0.717) is 5.75 Å². The first-order valence-electron chi connectivity index (χ1n) is 9.13. The van der Waals surface area contributed by atoms with Crippen LogP contribution in [0.1, 0.15) is 25.7 Å². The summed E-state index contributed by atoms with van der Waals surface area (Å²) in [4.78, 5) is 15.1. The maximum atomic E-state index is 12.5. The highest BCUT2D eigenvalue weighted by Gasteiger charge is 2.27. The molecule has 24 heavy (non-hydrogen) atoms. The highest BCUT2D eigenvalue weighted by atomic mass is 16.5. The normalized spacial score (nSPS) is 23.0. The van der Waals surface area contributed by atoms with Crippen LogP contribution in [-0.4, -0.2) is 50.6 Å². The van der Waals surface area contributed by atoms with Gasteiger partial charge in [0, 0.05) is 12.5 Å². The second-order valence-corrected chi connectivity index (χ2v) is 6.98. The van der Waals surface area contributed by atoms with E-state index in [9.17, 15) is 4.79 Å². The van der Waals surface area contributed by atoms with E-state index in [1.165, 1.54) is 25.9 Å². The predicted octanol–water partition coefficient (Wildman–Crippen LogP) is 2.35. The molecule has 0 radical (unpaired) electrons. The third kappa shape index (κ3) is 4.48. The van der Waals surface area contributed by atoms with Gasteiger partial charge in [0.2, 0.25) is 5.91 Å². The largest absolute Gasteiger partial charge is 0.495 e.